The van der Waals surface area contributed by atoms with Crippen LogP contribution in [0.15, 0.2) is 42.5 Å². The molecule has 0 unspecified atom stereocenters. The number of carbonyl (C=O) groups is 2. The fourth-order valence-electron chi connectivity index (χ4n) is 4.62. The molecule has 2 N–H and O–H groups in total. The summed E-state index contributed by atoms with van der Waals surface area (Å²) < 4.78 is 0. The number of hydrogen-bond acceptors (Lipinski definition) is 3. The fourth-order valence-corrected chi connectivity index (χ4v) is 4.62. The molecule has 2 aliphatic rings. The third-order valence-electron chi connectivity index (χ3n) is 6.12. The minimum Gasteiger partial charge on any atom is -0.346 e. The maximum Gasteiger partial charge on any atom is 0.309 e. The lowest BCUT2D eigenvalue weighted by Crippen LogP contribution is -2.46. The molecule has 4 rings (SSSR count). The molecule has 0 radical (unpaired) electrons. The lowest BCUT2D eigenvalue weighted by Gasteiger charge is -2.29. The monoisotopic (exact) mass is 379 g/mol. The molecule has 2 amide bonds. The topological polar surface area (TPSA) is 61.4 Å². The van der Waals surface area contributed by atoms with Crippen LogP contribution in [-0.2, 0) is 9.59 Å². The highest BCUT2D eigenvalue weighted by molar-refractivity contribution is 6.35. The summed E-state index contributed by atoms with van der Waals surface area (Å²) in [5.74, 6) is -1.01. The van der Waals surface area contributed by atoms with Crippen molar-refractivity contribution in [3.8, 4) is 0 Å². The smallest absolute Gasteiger partial charge is 0.309 e. The van der Waals surface area contributed by atoms with Gasteiger partial charge in [0.05, 0.1) is 6.04 Å². The van der Waals surface area contributed by atoms with Gasteiger partial charge in [-0.1, -0.05) is 55.3 Å². The van der Waals surface area contributed by atoms with Crippen LogP contribution in [0.1, 0.15) is 50.1 Å². The molecule has 148 valence electrons. The summed E-state index contributed by atoms with van der Waals surface area (Å²) in [5.41, 5.74) is 1.22. The number of likely N-dealkylation sites (tertiary alicyclic amines) is 1. The van der Waals surface area contributed by atoms with Gasteiger partial charge < -0.3 is 10.6 Å². The van der Waals surface area contributed by atoms with Crippen LogP contribution >= 0.6 is 0 Å². The summed E-state index contributed by atoms with van der Waals surface area (Å²) in [6.07, 6.45) is 6.57. The first-order chi connectivity index (χ1) is 13.7. The molecule has 28 heavy (non-hydrogen) atoms. The third kappa shape index (κ3) is 4.20. The largest absolute Gasteiger partial charge is 0.346 e. The van der Waals surface area contributed by atoms with Crippen molar-refractivity contribution >= 4 is 22.6 Å². The molecule has 2 aromatic rings. The van der Waals surface area contributed by atoms with Crippen molar-refractivity contribution in [2.45, 2.75) is 50.6 Å². The second-order valence-corrected chi connectivity index (χ2v) is 7.99. The van der Waals surface area contributed by atoms with Crippen LogP contribution in [0.2, 0.25) is 0 Å². The predicted octanol–water partition coefficient (Wildman–Crippen LogP) is 3.15. The van der Waals surface area contributed by atoms with E-state index in [-0.39, 0.29) is 12.1 Å². The van der Waals surface area contributed by atoms with Gasteiger partial charge in [0.1, 0.15) is 0 Å². The Morgan fingerprint density at radius 3 is 2.43 bits per heavy atom. The van der Waals surface area contributed by atoms with Gasteiger partial charge in [0, 0.05) is 12.6 Å². The number of nitrogens with one attached hydrogen (secondary N) is 2. The number of hydrogen-bond donors (Lipinski definition) is 2. The summed E-state index contributed by atoms with van der Waals surface area (Å²) in [5, 5.41) is 8.20. The van der Waals surface area contributed by atoms with Gasteiger partial charge >= 0.3 is 11.8 Å². The number of fused-ring (bicyclic) bond motifs is 1. The van der Waals surface area contributed by atoms with Crippen molar-refractivity contribution < 1.29 is 9.59 Å². The molecule has 0 aromatic heterocycles. The lowest BCUT2D eigenvalue weighted by atomic mass is 9.97. The third-order valence-corrected chi connectivity index (χ3v) is 6.12. The van der Waals surface area contributed by atoms with E-state index < -0.39 is 11.8 Å². The Balaban J connectivity index is 1.49. The number of carbonyl (C=O) groups excluding carboxylic acids is 2. The molecular formula is C23H29N3O2. The Bertz CT molecular complexity index is 833. The molecule has 1 aliphatic carbocycles. The van der Waals surface area contributed by atoms with Gasteiger partial charge in [-0.15, -0.1) is 0 Å². The maximum absolute atomic E-state index is 12.4. The second kappa shape index (κ2) is 8.74. The summed E-state index contributed by atoms with van der Waals surface area (Å²) in [7, 11) is 0. The van der Waals surface area contributed by atoms with E-state index in [4.69, 9.17) is 0 Å². The minimum atomic E-state index is -0.517. The quantitative estimate of drug-likeness (QED) is 0.785. The molecule has 1 saturated heterocycles. The Kier molecular flexibility index (Phi) is 5.91. The number of rotatable bonds is 5. The lowest BCUT2D eigenvalue weighted by molar-refractivity contribution is -0.139. The van der Waals surface area contributed by atoms with E-state index >= 15 is 0 Å². The summed E-state index contributed by atoms with van der Waals surface area (Å²) >= 11 is 0. The van der Waals surface area contributed by atoms with Crippen LogP contribution < -0.4 is 10.6 Å². The maximum atomic E-state index is 12.4. The van der Waals surface area contributed by atoms with E-state index in [1.807, 2.05) is 6.07 Å². The van der Waals surface area contributed by atoms with Crippen molar-refractivity contribution in [1.82, 2.24) is 15.5 Å². The number of benzene rings is 2. The SMILES string of the molecule is O=C(NC[C@H](c1cccc2ccccc12)N1CCCC1)C(=O)NC1CCCC1. The van der Waals surface area contributed by atoms with E-state index in [0.29, 0.717) is 6.54 Å². The summed E-state index contributed by atoms with van der Waals surface area (Å²) in [6, 6.07) is 14.9. The molecule has 1 aliphatic heterocycles. The highest BCUT2D eigenvalue weighted by Crippen LogP contribution is 2.30. The van der Waals surface area contributed by atoms with Gasteiger partial charge in [0.25, 0.3) is 0 Å². The van der Waals surface area contributed by atoms with Crippen LogP contribution in [-0.4, -0.2) is 42.4 Å². The molecular weight excluding hydrogens is 350 g/mol. The van der Waals surface area contributed by atoms with E-state index in [1.165, 1.54) is 29.2 Å². The molecule has 0 bridgehead atoms. The second-order valence-electron chi connectivity index (χ2n) is 7.99. The Morgan fingerprint density at radius 2 is 1.64 bits per heavy atom. The van der Waals surface area contributed by atoms with E-state index in [2.05, 4.69) is 51.9 Å². The number of nitrogens with zero attached hydrogens (tertiary/aromatic N) is 1. The first kappa shape index (κ1) is 18.9. The molecule has 0 spiro atoms. The number of amides is 2. The van der Waals surface area contributed by atoms with Gasteiger partial charge in [-0.3, -0.25) is 14.5 Å². The molecule has 2 fully saturated rings. The molecule has 5 heteroatoms. The standard InChI is InChI=1S/C23H29N3O2/c27-22(23(28)25-18-10-2-3-11-18)24-16-21(26-14-5-6-15-26)20-13-7-9-17-8-1-4-12-19(17)20/h1,4,7-9,12-13,18,21H,2-3,5-6,10-11,14-16H2,(H,24,27)(H,25,28)/t21-/m1/s1. The Hall–Kier alpha value is -2.40. The summed E-state index contributed by atoms with van der Waals surface area (Å²) in [6.45, 7) is 2.50. The highest BCUT2D eigenvalue weighted by atomic mass is 16.2. The van der Waals surface area contributed by atoms with Crippen molar-refractivity contribution in [2.75, 3.05) is 19.6 Å². The van der Waals surface area contributed by atoms with Crippen LogP contribution in [0.4, 0.5) is 0 Å². The van der Waals surface area contributed by atoms with Crippen molar-refractivity contribution in [2.24, 2.45) is 0 Å². The van der Waals surface area contributed by atoms with Crippen LogP contribution in [0, 0.1) is 0 Å². The Morgan fingerprint density at radius 1 is 0.929 bits per heavy atom. The van der Waals surface area contributed by atoms with Gasteiger partial charge in [0.2, 0.25) is 0 Å². The van der Waals surface area contributed by atoms with Gasteiger partial charge in [-0.25, -0.2) is 0 Å². The first-order valence-electron chi connectivity index (χ1n) is 10.5. The zero-order valence-electron chi connectivity index (χ0n) is 16.3. The van der Waals surface area contributed by atoms with Gasteiger partial charge in [0.15, 0.2) is 0 Å². The minimum absolute atomic E-state index is 0.0804. The Labute approximate surface area is 166 Å². The predicted molar refractivity (Wildman–Crippen MR) is 111 cm³/mol. The van der Waals surface area contributed by atoms with Crippen LogP contribution in [0.25, 0.3) is 10.8 Å². The molecule has 2 aromatic carbocycles. The van der Waals surface area contributed by atoms with Gasteiger partial charge in [-0.05, 0) is 55.1 Å². The molecule has 1 saturated carbocycles. The zero-order chi connectivity index (χ0) is 19.3. The highest BCUT2D eigenvalue weighted by Gasteiger charge is 2.27. The van der Waals surface area contributed by atoms with Crippen molar-refractivity contribution in [1.29, 1.82) is 0 Å². The van der Waals surface area contributed by atoms with Crippen molar-refractivity contribution in [3.63, 3.8) is 0 Å². The fraction of sp³-hybridized carbons (Fsp3) is 0.478. The van der Waals surface area contributed by atoms with Crippen LogP contribution in [0.3, 0.4) is 0 Å². The normalized spacial score (nSPS) is 19.0. The first-order valence-corrected chi connectivity index (χ1v) is 10.5. The van der Waals surface area contributed by atoms with Crippen molar-refractivity contribution in [3.05, 3.63) is 48.0 Å². The van der Waals surface area contributed by atoms with Crippen LogP contribution in [0.5, 0.6) is 0 Å². The van der Waals surface area contributed by atoms with Gasteiger partial charge in [-0.2, -0.15) is 0 Å². The van der Waals surface area contributed by atoms with E-state index in [9.17, 15) is 9.59 Å². The molecule has 1 atom stereocenters. The molecule has 5 nitrogen and oxygen atoms in total. The summed E-state index contributed by atoms with van der Waals surface area (Å²) in [4.78, 5) is 27.1. The average Bonchev–Trinajstić information content (AvgIpc) is 3.42. The molecule has 1 heterocycles. The van der Waals surface area contributed by atoms with E-state index in [1.54, 1.807) is 0 Å². The zero-order valence-corrected chi connectivity index (χ0v) is 16.3. The van der Waals surface area contributed by atoms with E-state index in [0.717, 1.165) is 38.8 Å². The average molecular weight is 380 g/mol.